The highest BCUT2D eigenvalue weighted by Crippen LogP contribution is 2.43. The average Bonchev–Trinajstić information content (AvgIpc) is 3.14. The first-order valence-electron chi connectivity index (χ1n) is 20.9. The number of aliphatic hydroxyl groups is 2. The molecule has 53 heavy (non-hydrogen) atoms. The van der Waals surface area contributed by atoms with Gasteiger partial charge in [-0.1, -0.05) is 140 Å². The van der Waals surface area contributed by atoms with Crippen molar-refractivity contribution in [2.45, 2.75) is 193 Å². The van der Waals surface area contributed by atoms with Crippen LogP contribution in [0.5, 0.6) is 0 Å². The fraction of sp³-hybridized carbons (Fsp3) is 0.810. The molecule has 0 bridgehead atoms. The molecule has 11 heteroatoms. The Morgan fingerprint density at radius 1 is 0.566 bits per heavy atom. The van der Waals surface area contributed by atoms with Gasteiger partial charge in [0.2, 0.25) is 0 Å². The predicted octanol–water partition coefficient (Wildman–Crippen LogP) is 10.8. The molecule has 310 valence electrons. The van der Waals surface area contributed by atoms with E-state index in [9.17, 15) is 24.2 Å². The van der Waals surface area contributed by atoms with E-state index in [1.165, 1.54) is 57.8 Å². The van der Waals surface area contributed by atoms with Crippen LogP contribution in [0.25, 0.3) is 0 Å². The van der Waals surface area contributed by atoms with E-state index in [-0.39, 0.29) is 19.4 Å². The maximum absolute atomic E-state index is 12.6. The van der Waals surface area contributed by atoms with E-state index in [0.717, 1.165) is 83.5 Å². The summed E-state index contributed by atoms with van der Waals surface area (Å²) in [5.41, 5.74) is 0. The van der Waals surface area contributed by atoms with Gasteiger partial charge in [-0.2, -0.15) is 0 Å². The van der Waals surface area contributed by atoms with Gasteiger partial charge >= 0.3 is 19.8 Å². The number of allylic oxidation sites excluding steroid dienone is 6. The number of phosphoric ester groups is 1. The van der Waals surface area contributed by atoms with Crippen LogP contribution in [-0.4, -0.2) is 65.7 Å². The Morgan fingerprint density at radius 3 is 1.53 bits per heavy atom. The third-order valence-corrected chi connectivity index (χ3v) is 9.72. The van der Waals surface area contributed by atoms with Gasteiger partial charge < -0.3 is 24.6 Å². The zero-order valence-corrected chi connectivity index (χ0v) is 34.4. The Morgan fingerprint density at radius 2 is 1.00 bits per heavy atom. The van der Waals surface area contributed by atoms with Crippen LogP contribution < -0.4 is 0 Å². The molecule has 10 nitrogen and oxygen atoms in total. The smallest absolute Gasteiger partial charge is 0.462 e. The minimum absolute atomic E-state index is 0.171. The van der Waals surface area contributed by atoms with Crippen molar-refractivity contribution in [1.82, 2.24) is 0 Å². The Kier molecular flexibility index (Phi) is 37.2. The normalized spacial score (nSPS) is 14.3. The molecule has 0 fully saturated rings. The average molecular weight is 773 g/mol. The minimum atomic E-state index is -4.62. The summed E-state index contributed by atoms with van der Waals surface area (Å²) >= 11 is 0. The van der Waals surface area contributed by atoms with Gasteiger partial charge in [0, 0.05) is 12.8 Å². The van der Waals surface area contributed by atoms with Crippen LogP contribution in [0.2, 0.25) is 0 Å². The van der Waals surface area contributed by atoms with Crippen LogP contribution in [0.4, 0.5) is 0 Å². The fourth-order valence-corrected chi connectivity index (χ4v) is 6.26. The summed E-state index contributed by atoms with van der Waals surface area (Å²) in [6, 6.07) is 0. The molecule has 0 heterocycles. The molecule has 0 aliphatic rings. The first-order valence-corrected chi connectivity index (χ1v) is 22.4. The lowest BCUT2D eigenvalue weighted by molar-refractivity contribution is -0.161. The van der Waals surface area contributed by atoms with E-state index >= 15 is 0 Å². The van der Waals surface area contributed by atoms with Gasteiger partial charge in [-0.05, 0) is 64.2 Å². The molecular formula is C42H77O10P. The van der Waals surface area contributed by atoms with Gasteiger partial charge in [-0.15, -0.1) is 0 Å². The number of ether oxygens (including phenoxy) is 2. The Balaban J connectivity index is 4.35. The Labute approximate surface area is 322 Å². The van der Waals surface area contributed by atoms with E-state index < -0.39 is 51.8 Å². The number of esters is 2. The molecule has 0 radical (unpaired) electrons. The van der Waals surface area contributed by atoms with Crippen LogP contribution in [-0.2, 0) is 32.7 Å². The van der Waals surface area contributed by atoms with Gasteiger partial charge in [-0.25, -0.2) is 4.57 Å². The van der Waals surface area contributed by atoms with Crippen molar-refractivity contribution in [2.75, 3.05) is 26.4 Å². The van der Waals surface area contributed by atoms with Crippen LogP contribution in [0.1, 0.15) is 181 Å². The molecule has 0 aromatic carbocycles. The van der Waals surface area contributed by atoms with E-state index in [1.807, 2.05) is 0 Å². The highest BCUT2D eigenvalue weighted by molar-refractivity contribution is 7.47. The van der Waals surface area contributed by atoms with Crippen LogP contribution >= 0.6 is 7.82 Å². The first-order chi connectivity index (χ1) is 25.7. The zero-order chi connectivity index (χ0) is 39.1. The second-order valence-electron chi connectivity index (χ2n) is 14.0. The molecule has 0 saturated heterocycles. The second kappa shape index (κ2) is 38.5. The van der Waals surface area contributed by atoms with Gasteiger partial charge in [-0.3, -0.25) is 18.6 Å². The molecule has 0 amide bonds. The lowest BCUT2D eigenvalue weighted by atomic mass is 10.1. The van der Waals surface area contributed by atoms with Gasteiger partial charge in [0.05, 0.1) is 19.8 Å². The second-order valence-corrected chi connectivity index (χ2v) is 15.5. The number of rotatable bonds is 39. The van der Waals surface area contributed by atoms with Crippen molar-refractivity contribution in [3.63, 3.8) is 0 Å². The monoisotopic (exact) mass is 773 g/mol. The number of carbonyl (C=O) groups is 2. The van der Waals surface area contributed by atoms with Crippen molar-refractivity contribution in [3.05, 3.63) is 36.5 Å². The maximum Gasteiger partial charge on any atom is 0.472 e. The molecule has 0 saturated carbocycles. The molecule has 0 rings (SSSR count). The van der Waals surface area contributed by atoms with Crippen molar-refractivity contribution in [1.29, 1.82) is 0 Å². The number of aliphatic hydroxyl groups excluding tert-OH is 2. The van der Waals surface area contributed by atoms with Gasteiger partial charge in [0.25, 0.3) is 0 Å². The van der Waals surface area contributed by atoms with Crippen molar-refractivity contribution < 1.29 is 47.8 Å². The van der Waals surface area contributed by atoms with Crippen LogP contribution in [0, 0.1) is 0 Å². The van der Waals surface area contributed by atoms with E-state index in [0.29, 0.717) is 12.8 Å². The topological polar surface area (TPSA) is 149 Å². The highest BCUT2D eigenvalue weighted by Gasteiger charge is 2.27. The Bertz CT molecular complexity index is 983. The summed E-state index contributed by atoms with van der Waals surface area (Å²) in [6.45, 7) is 2.31. The Hall–Kier alpha value is -1.81. The lowest BCUT2D eigenvalue weighted by Crippen LogP contribution is -2.29. The highest BCUT2D eigenvalue weighted by atomic mass is 31.2. The summed E-state index contributed by atoms with van der Waals surface area (Å²) in [7, 11) is -4.62. The standard InChI is InChI=1S/C42H77O10P/c1-3-5-7-9-11-13-15-17-19-20-22-24-26-28-30-32-34-42(46)52-40(38-51-53(47,48)50-36-39(44)35-43)37-49-41(45)33-31-29-27-25-23-21-18-16-14-12-10-8-6-4-2/h10,12,16,18-20,39-40,43-44H,3-9,11,13-15,17,21-38H2,1-2H3,(H,47,48)/b12-10-,18-16-,20-19-/t39-,40+/m0/s1. The summed E-state index contributed by atoms with van der Waals surface area (Å²) in [4.78, 5) is 34.9. The van der Waals surface area contributed by atoms with Gasteiger partial charge in [0.15, 0.2) is 6.10 Å². The molecule has 0 aliphatic heterocycles. The van der Waals surface area contributed by atoms with Gasteiger partial charge in [0.1, 0.15) is 12.7 Å². The molecule has 0 spiro atoms. The van der Waals surface area contributed by atoms with E-state index in [2.05, 4.69) is 54.8 Å². The van der Waals surface area contributed by atoms with E-state index in [4.69, 9.17) is 19.1 Å². The largest absolute Gasteiger partial charge is 0.472 e. The lowest BCUT2D eigenvalue weighted by Gasteiger charge is -2.20. The molecule has 0 aliphatic carbocycles. The minimum Gasteiger partial charge on any atom is -0.462 e. The van der Waals surface area contributed by atoms with Crippen molar-refractivity contribution in [3.8, 4) is 0 Å². The van der Waals surface area contributed by atoms with Crippen molar-refractivity contribution in [2.24, 2.45) is 0 Å². The summed E-state index contributed by atoms with van der Waals surface area (Å²) in [6.07, 6.45) is 38.2. The van der Waals surface area contributed by atoms with Crippen LogP contribution in [0.3, 0.4) is 0 Å². The summed E-state index contributed by atoms with van der Waals surface area (Å²) in [5, 5.41) is 18.3. The number of hydrogen-bond acceptors (Lipinski definition) is 9. The third-order valence-electron chi connectivity index (χ3n) is 8.77. The quantitative estimate of drug-likeness (QED) is 0.0238. The summed E-state index contributed by atoms with van der Waals surface area (Å²) in [5.74, 6) is -0.950. The third kappa shape index (κ3) is 38.3. The van der Waals surface area contributed by atoms with E-state index in [1.54, 1.807) is 0 Å². The van der Waals surface area contributed by atoms with Crippen molar-refractivity contribution >= 4 is 19.8 Å². The SMILES string of the molecule is CCCC/C=C\C/C=C\CCCCCCCC(=O)OC[C@H](COP(=O)(O)OC[C@@H](O)CO)OC(=O)CCCCCCC/C=C\CCCCCCCCC. The maximum atomic E-state index is 12.6. The fourth-order valence-electron chi connectivity index (χ4n) is 5.47. The number of unbranched alkanes of at least 4 members (excludes halogenated alkanes) is 19. The summed E-state index contributed by atoms with van der Waals surface area (Å²) < 4.78 is 32.6. The molecule has 1 unspecified atom stereocenters. The van der Waals surface area contributed by atoms with Crippen LogP contribution in [0.15, 0.2) is 36.5 Å². The zero-order valence-electron chi connectivity index (χ0n) is 33.5. The number of hydrogen-bond donors (Lipinski definition) is 3. The molecule has 3 atom stereocenters. The molecular weight excluding hydrogens is 695 g/mol. The number of phosphoric acid groups is 1. The molecule has 0 aromatic heterocycles. The molecule has 3 N–H and O–H groups in total. The molecule has 0 aromatic rings. The predicted molar refractivity (Wildman–Crippen MR) is 214 cm³/mol. The first kappa shape index (κ1) is 51.2. The number of carbonyl (C=O) groups excluding carboxylic acids is 2.